The lowest BCUT2D eigenvalue weighted by molar-refractivity contribution is 0.0679. The molecule has 2 heterocycles. The van der Waals surface area contributed by atoms with Gasteiger partial charge in [-0.2, -0.15) is 0 Å². The minimum Gasteiger partial charge on any atom is -0.491 e. The van der Waals surface area contributed by atoms with E-state index in [0.29, 0.717) is 28.5 Å². The summed E-state index contributed by atoms with van der Waals surface area (Å²) in [6, 6.07) is 16.4. The number of rotatable bonds is 6. The lowest BCUT2D eigenvalue weighted by atomic mass is 10.2. The number of aryl methyl sites for hydroxylation is 1. The van der Waals surface area contributed by atoms with Gasteiger partial charge >= 0.3 is 0 Å². The first-order valence-electron chi connectivity index (χ1n) is 10.1. The zero-order valence-corrected chi connectivity index (χ0v) is 17.9. The van der Waals surface area contributed by atoms with E-state index >= 15 is 0 Å². The van der Waals surface area contributed by atoms with Crippen LogP contribution >= 0.6 is 11.3 Å². The van der Waals surface area contributed by atoms with Crippen LogP contribution in [0.2, 0.25) is 0 Å². The van der Waals surface area contributed by atoms with Crippen molar-refractivity contribution in [2.75, 3.05) is 13.2 Å². The summed E-state index contributed by atoms with van der Waals surface area (Å²) in [5.41, 5.74) is 6.88. The average Bonchev–Trinajstić information content (AvgIpc) is 3.46. The molecule has 0 saturated carbocycles. The Morgan fingerprint density at radius 1 is 1.10 bits per heavy atom. The van der Waals surface area contributed by atoms with Crippen molar-refractivity contribution in [1.82, 2.24) is 15.8 Å². The lowest BCUT2D eigenvalue weighted by Gasteiger charge is -2.12. The Morgan fingerprint density at radius 2 is 1.84 bits per heavy atom. The minimum atomic E-state index is -0.413. The van der Waals surface area contributed by atoms with Gasteiger partial charge in [0, 0.05) is 17.7 Å². The maximum absolute atomic E-state index is 12.5. The summed E-state index contributed by atoms with van der Waals surface area (Å²) in [5.74, 6) is -0.142. The normalized spacial score (nSPS) is 15.5. The van der Waals surface area contributed by atoms with Crippen LogP contribution in [0.4, 0.5) is 0 Å². The number of nitrogens with one attached hydrogen (secondary N) is 2. The fourth-order valence-corrected chi connectivity index (χ4v) is 4.19. The van der Waals surface area contributed by atoms with E-state index in [-0.39, 0.29) is 6.10 Å². The number of carbonyl (C=O) groups excluding carboxylic acids is 2. The predicted molar refractivity (Wildman–Crippen MR) is 118 cm³/mol. The highest BCUT2D eigenvalue weighted by Crippen LogP contribution is 2.27. The Bertz CT molecular complexity index is 1040. The molecule has 1 unspecified atom stereocenters. The van der Waals surface area contributed by atoms with Crippen LogP contribution in [0.1, 0.15) is 38.6 Å². The molecule has 31 heavy (non-hydrogen) atoms. The van der Waals surface area contributed by atoms with Crippen molar-refractivity contribution >= 4 is 23.2 Å². The molecule has 7 nitrogen and oxygen atoms in total. The van der Waals surface area contributed by atoms with Gasteiger partial charge in [0.25, 0.3) is 11.8 Å². The van der Waals surface area contributed by atoms with Crippen molar-refractivity contribution in [1.29, 1.82) is 0 Å². The number of benzene rings is 2. The van der Waals surface area contributed by atoms with Crippen LogP contribution in [-0.2, 0) is 4.74 Å². The fraction of sp³-hybridized carbons (Fsp3) is 0.261. The van der Waals surface area contributed by atoms with Crippen LogP contribution in [0.25, 0.3) is 10.6 Å². The topological polar surface area (TPSA) is 89.6 Å². The number of hydrogen-bond donors (Lipinski definition) is 2. The van der Waals surface area contributed by atoms with Crippen LogP contribution < -0.4 is 15.6 Å². The Kier molecular flexibility index (Phi) is 6.59. The number of nitrogens with zero attached hydrogens (tertiary/aromatic N) is 1. The zero-order chi connectivity index (χ0) is 21.6. The molecule has 1 aliphatic heterocycles. The molecule has 3 aromatic rings. The number of hydrazine groups is 1. The molecule has 1 aliphatic rings. The lowest BCUT2D eigenvalue weighted by Crippen LogP contribution is -2.41. The third-order valence-corrected chi connectivity index (χ3v) is 6.09. The molecule has 1 aromatic heterocycles. The van der Waals surface area contributed by atoms with Crippen LogP contribution in [0.3, 0.4) is 0 Å². The molecule has 1 atom stereocenters. The minimum absolute atomic E-state index is 0.135. The molecular weight excluding hydrogens is 414 g/mol. The van der Waals surface area contributed by atoms with E-state index in [9.17, 15) is 9.59 Å². The number of ether oxygens (including phenoxy) is 2. The van der Waals surface area contributed by atoms with E-state index in [4.69, 9.17) is 9.47 Å². The van der Waals surface area contributed by atoms with Gasteiger partial charge in [-0.3, -0.25) is 20.4 Å². The molecule has 2 aromatic carbocycles. The van der Waals surface area contributed by atoms with Crippen LogP contribution in [0, 0.1) is 6.92 Å². The largest absolute Gasteiger partial charge is 0.491 e. The third kappa shape index (κ3) is 5.28. The van der Waals surface area contributed by atoms with E-state index in [1.807, 2.05) is 30.3 Å². The van der Waals surface area contributed by atoms with E-state index in [1.165, 1.54) is 11.3 Å². The highest BCUT2D eigenvalue weighted by Gasteiger charge is 2.18. The van der Waals surface area contributed by atoms with Crippen molar-refractivity contribution in [3.05, 3.63) is 70.7 Å². The Labute approximate surface area is 184 Å². The quantitative estimate of drug-likeness (QED) is 0.574. The van der Waals surface area contributed by atoms with E-state index in [0.717, 1.165) is 30.0 Å². The summed E-state index contributed by atoms with van der Waals surface area (Å²) in [7, 11) is 0. The number of carbonyl (C=O) groups is 2. The van der Waals surface area contributed by atoms with E-state index in [1.54, 1.807) is 31.2 Å². The van der Waals surface area contributed by atoms with E-state index in [2.05, 4.69) is 15.8 Å². The van der Waals surface area contributed by atoms with Gasteiger partial charge in [-0.15, -0.1) is 11.3 Å². The summed E-state index contributed by atoms with van der Waals surface area (Å²) in [5, 5.41) is 0.758. The number of hydrogen-bond acceptors (Lipinski definition) is 6. The van der Waals surface area contributed by atoms with Crippen LogP contribution in [0.15, 0.2) is 54.6 Å². The van der Waals surface area contributed by atoms with Crippen molar-refractivity contribution < 1.29 is 19.1 Å². The maximum atomic E-state index is 12.5. The predicted octanol–water partition coefficient (Wildman–Crippen LogP) is 3.75. The second kappa shape index (κ2) is 9.72. The first kappa shape index (κ1) is 21.0. The molecule has 2 N–H and O–H groups in total. The first-order chi connectivity index (χ1) is 15.1. The number of aromatic nitrogens is 1. The molecule has 1 fully saturated rings. The number of thiazole rings is 1. The van der Waals surface area contributed by atoms with Gasteiger partial charge in [0.15, 0.2) is 0 Å². The Balaban J connectivity index is 1.31. The van der Waals surface area contributed by atoms with Crippen LogP contribution in [-0.4, -0.2) is 36.1 Å². The third-order valence-electron chi connectivity index (χ3n) is 4.89. The van der Waals surface area contributed by atoms with Gasteiger partial charge in [0.05, 0.1) is 11.8 Å². The molecule has 2 amide bonds. The van der Waals surface area contributed by atoms with Gasteiger partial charge < -0.3 is 9.47 Å². The summed E-state index contributed by atoms with van der Waals surface area (Å²) in [6.07, 6.45) is 2.20. The first-order valence-corrected chi connectivity index (χ1v) is 10.9. The molecule has 4 rings (SSSR count). The molecule has 0 spiro atoms. The maximum Gasteiger partial charge on any atom is 0.281 e. The summed E-state index contributed by atoms with van der Waals surface area (Å²) in [6.45, 7) is 3.06. The van der Waals surface area contributed by atoms with Gasteiger partial charge in [-0.25, -0.2) is 4.98 Å². The second-order valence-corrected chi connectivity index (χ2v) is 8.18. The highest BCUT2D eigenvalue weighted by atomic mass is 32.1. The van der Waals surface area contributed by atoms with Crippen LogP contribution in [0.5, 0.6) is 5.75 Å². The number of amides is 2. The molecule has 160 valence electrons. The monoisotopic (exact) mass is 437 g/mol. The van der Waals surface area contributed by atoms with Gasteiger partial charge in [-0.05, 0) is 44.0 Å². The standard InChI is InChI=1S/C23H23N3O4S/c1-15-20(31-23(24-15)17-6-3-2-4-7-17)22(28)26-25-21(27)16-9-11-18(12-10-16)30-14-19-8-5-13-29-19/h2-4,6-7,9-12,19H,5,8,13-14H2,1H3,(H,25,27)(H,26,28). The Morgan fingerprint density at radius 3 is 2.55 bits per heavy atom. The summed E-state index contributed by atoms with van der Waals surface area (Å²) >= 11 is 1.28. The smallest absolute Gasteiger partial charge is 0.281 e. The molecule has 8 heteroatoms. The fourth-order valence-electron chi connectivity index (χ4n) is 3.22. The molecule has 0 aliphatic carbocycles. The molecule has 1 saturated heterocycles. The zero-order valence-electron chi connectivity index (χ0n) is 17.1. The molecule has 0 radical (unpaired) electrons. The summed E-state index contributed by atoms with van der Waals surface area (Å²) < 4.78 is 11.2. The van der Waals surface area contributed by atoms with E-state index < -0.39 is 11.8 Å². The second-order valence-electron chi connectivity index (χ2n) is 7.18. The SMILES string of the molecule is Cc1nc(-c2ccccc2)sc1C(=O)NNC(=O)c1ccc(OCC2CCCO2)cc1. The Hall–Kier alpha value is -3.23. The van der Waals surface area contributed by atoms with Crippen molar-refractivity contribution in [3.63, 3.8) is 0 Å². The van der Waals surface area contributed by atoms with Crippen molar-refractivity contribution in [2.24, 2.45) is 0 Å². The van der Waals surface area contributed by atoms with Crippen molar-refractivity contribution in [2.45, 2.75) is 25.9 Å². The van der Waals surface area contributed by atoms with Crippen molar-refractivity contribution in [3.8, 4) is 16.3 Å². The van der Waals surface area contributed by atoms with Gasteiger partial charge in [-0.1, -0.05) is 30.3 Å². The van der Waals surface area contributed by atoms with Gasteiger partial charge in [0.2, 0.25) is 0 Å². The molecule has 0 bridgehead atoms. The highest BCUT2D eigenvalue weighted by molar-refractivity contribution is 7.17. The average molecular weight is 438 g/mol. The molecular formula is C23H23N3O4S. The van der Waals surface area contributed by atoms with Gasteiger partial charge in [0.1, 0.15) is 22.2 Å². The summed E-state index contributed by atoms with van der Waals surface area (Å²) in [4.78, 5) is 29.8.